The van der Waals surface area contributed by atoms with E-state index in [1.807, 2.05) is 0 Å². The number of rotatable bonds is 6. The van der Waals surface area contributed by atoms with Crippen LogP contribution in [0.3, 0.4) is 0 Å². The predicted octanol–water partition coefficient (Wildman–Crippen LogP) is 2.85. The normalized spacial score (nSPS) is 19.0. The highest BCUT2D eigenvalue weighted by Crippen LogP contribution is 2.48. The smallest absolute Gasteiger partial charge is 0.0628 e. The molecular weight excluding hydrogens is 172 g/mol. The van der Waals surface area contributed by atoms with Gasteiger partial charge in [-0.2, -0.15) is 5.26 Å². The fraction of sp³-hybridized carbons (Fsp3) is 0.917. The van der Waals surface area contributed by atoms with Gasteiger partial charge < -0.3 is 5.32 Å². The fourth-order valence-electron chi connectivity index (χ4n) is 1.66. The van der Waals surface area contributed by atoms with Crippen molar-refractivity contribution in [3.8, 4) is 6.07 Å². The Morgan fingerprint density at radius 1 is 1.36 bits per heavy atom. The van der Waals surface area contributed by atoms with E-state index in [4.69, 9.17) is 5.26 Å². The second-order valence-corrected chi connectivity index (χ2v) is 4.96. The van der Waals surface area contributed by atoms with Gasteiger partial charge in [-0.05, 0) is 38.0 Å². The molecule has 0 aliphatic heterocycles. The Morgan fingerprint density at radius 3 is 2.29 bits per heavy atom. The van der Waals surface area contributed by atoms with Crippen molar-refractivity contribution in [1.82, 2.24) is 5.32 Å². The van der Waals surface area contributed by atoms with E-state index in [-0.39, 0.29) is 5.54 Å². The quantitative estimate of drug-likeness (QED) is 0.705. The summed E-state index contributed by atoms with van der Waals surface area (Å²) < 4.78 is 0. The van der Waals surface area contributed by atoms with Crippen molar-refractivity contribution < 1.29 is 0 Å². The van der Waals surface area contributed by atoms with E-state index in [0.717, 1.165) is 25.8 Å². The summed E-state index contributed by atoms with van der Waals surface area (Å²) in [5.74, 6) is 0. The lowest BCUT2D eigenvalue weighted by Gasteiger charge is -2.30. The zero-order valence-corrected chi connectivity index (χ0v) is 9.69. The van der Waals surface area contributed by atoms with E-state index in [0.29, 0.717) is 5.41 Å². The summed E-state index contributed by atoms with van der Waals surface area (Å²) >= 11 is 0. The van der Waals surface area contributed by atoms with E-state index >= 15 is 0 Å². The molecule has 0 radical (unpaired) electrons. The summed E-state index contributed by atoms with van der Waals surface area (Å²) in [7, 11) is 0. The van der Waals surface area contributed by atoms with Gasteiger partial charge >= 0.3 is 0 Å². The van der Waals surface area contributed by atoms with Gasteiger partial charge in [0.05, 0.1) is 6.07 Å². The van der Waals surface area contributed by atoms with Crippen molar-refractivity contribution >= 4 is 0 Å². The molecule has 0 amide bonds. The summed E-state index contributed by atoms with van der Waals surface area (Å²) in [5, 5.41) is 12.3. The Balaban J connectivity index is 2.36. The highest BCUT2D eigenvalue weighted by Gasteiger charge is 2.43. The van der Waals surface area contributed by atoms with E-state index in [2.05, 4.69) is 32.2 Å². The first-order valence-corrected chi connectivity index (χ1v) is 5.72. The Kier molecular flexibility index (Phi) is 3.55. The highest BCUT2D eigenvalue weighted by molar-refractivity contribution is 5.02. The first kappa shape index (κ1) is 11.5. The number of nitrogens with zero attached hydrogens (tertiary/aromatic N) is 1. The molecule has 0 heterocycles. The average molecular weight is 194 g/mol. The SMILES string of the molecule is CCC(C)(CC)NCC1(CC#N)CC1. The van der Waals surface area contributed by atoms with Crippen molar-refractivity contribution in [2.45, 2.75) is 58.4 Å². The molecule has 0 spiro atoms. The molecule has 80 valence electrons. The molecule has 2 heteroatoms. The molecule has 0 bridgehead atoms. The monoisotopic (exact) mass is 194 g/mol. The Morgan fingerprint density at radius 2 is 1.93 bits per heavy atom. The molecule has 2 nitrogen and oxygen atoms in total. The summed E-state index contributed by atoms with van der Waals surface area (Å²) in [6.45, 7) is 7.74. The van der Waals surface area contributed by atoms with E-state index < -0.39 is 0 Å². The van der Waals surface area contributed by atoms with Gasteiger partial charge in [0.25, 0.3) is 0 Å². The van der Waals surface area contributed by atoms with E-state index in [1.54, 1.807) is 0 Å². The zero-order valence-electron chi connectivity index (χ0n) is 9.69. The number of nitrogens with one attached hydrogen (secondary N) is 1. The highest BCUT2D eigenvalue weighted by atomic mass is 15.0. The van der Waals surface area contributed by atoms with E-state index in [9.17, 15) is 0 Å². The standard InChI is InChI=1S/C12H22N2/c1-4-11(3,5-2)14-10-12(6-7-12)8-9-13/h14H,4-8,10H2,1-3H3. The second kappa shape index (κ2) is 4.31. The second-order valence-electron chi connectivity index (χ2n) is 4.96. The van der Waals surface area contributed by atoms with Crippen LogP contribution in [0.2, 0.25) is 0 Å². The van der Waals surface area contributed by atoms with Crippen LogP contribution in [0.25, 0.3) is 0 Å². The lowest BCUT2D eigenvalue weighted by atomic mass is 9.93. The minimum Gasteiger partial charge on any atom is -0.311 e. The molecule has 1 N–H and O–H groups in total. The molecule has 0 aromatic carbocycles. The molecule has 1 fully saturated rings. The first-order valence-electron chi connectivity index (χ1n) is 5.72. The minimum atomic E-state index is 0.269. The van der Waals surface area contributed by atoms with Crippen LogP contribution in [-0.2, 0) is 0 Å². The van der Waals surface area contributed by atoms with Gasteiger partial charge in [-0.1, -0.05) is 13.8 Å². The average Bonchev–Trinajstić information content (AvgIpc) is 2.96. The molecule has 0 unspecified atom stereocenters. The molecule has 1 rings (SSSR count). The van der Waals surface area contributed by atoms with Crippen molar-refractivity contribution in [2.24, 2.45) is 5.41 Å². The van der Waals surface area contributed by atoms with Crippen molar-refractivity contribution in [1.29, 1.82) is 5.26 Å². The molecule has 0 atom stereocenters. The number of nitriles is 1. The first-order chi connectivity index (χ1) is 6.60. The van der Waals surface area contributed by atoms with Crippen molar-refractivity contribution in [3.05, 3.63) is 0 Å². The summed E-state index contributed by atoms with van der Waals surface area (Å²) in [6, 6.07) is 2.30. The van der Waals surface area contributed by atoms with Crippen molar-refractivity contribution in [3.63, 3.8) is 0 Å². The van der Waals surface area contributed by atoms with Crippen LogP contribution in [0.5, 0.6) is 0 Å². The van der Waals surface area contributed by atoms with Gasteiger partial charge in [-0.3, -0.25) is 0 Å². The molecular formula is C12H22N2. The molecule has 14 heavy (non-hydrogen) atoms. The molecule has 0 aromatic heterocycles. The van der Waals surface area contributed by atoms with Crippen LogP contribution in [0.4, 0.5) is 0 Å². The van der Waals surface area contributed by atoms with Crippen LogP contribution in [0, 0.1) is 16.7 Å². The lowest BCUT2D eigenvalue weighted by Crippen LogP contribution is -2.44. The summed E-state index contributed by atoms with van der Waals surface area (Å²) in [5.41, 5.74) is 0.603. The fourth-order valence-corrected chi connectivity index (χ4v) is 1.66. The maximum absolute atomic E-state index is 8.71. The van der Waals surface area contributed by atoms with Gasteiger partial charge in [-0.15, -0.1) is 0 Å². The van der Waals surface area contributed by atoms with Gasteiger partial charge in [0.2, 0.25) is 0 Å². The van der Waals surface area contributed by atoms with Crippen LogP contribution < -0.4 is 5.32 Å². The van der Waals surface area contributed by atoms with Crippen LogP contribution in [0.15, 0.2) is 0 Å². The maximum atomic E-state index is 8.71. The number of hydrogen-bond acceptors (Lipinski definition) is 2. The molecule has 1 aliphatic carbocycles. The predicted molar refractivity (Wildman–Crippen MR) is 58.9 cm³/mol. The van der Waals surface area contributed by atoms with Crippen LogP contribution >= 0.6 is 0 Å². The van der Waals surface area contributed by atoms with Crippen molar-refractivity contribution in [2.75, 3.05) is 6.54 Å². The molecule has 0 aromatic rings. The third-order valence-corrected chi connectivity index (χ3v) is 3.86. The van der Waals surface area contributed by atoms with Gasteiger partial charge in [0, 0.05) is 18.5 Å². The summed E-state index contributed by atoms with van der Waals surface area (Å²) in [4.78, 5) is 0. The number of hydrogen-bond donors (Lipinski definition) is 1. The minimum absolute atomic E-state index is 0.269. The molecule has 1 aliphatic rings. The third kappa shape index (κ3) is 2.72. The Labute approximate surface area is 87.7 Å². The van der Waals surface area contributed by atoms with Crippen LogP contribution in [-0.4, -0.2) is 12.1 Å². The maximum Gasteiger partial charge on any atom is 0.0628 e. The van der Waals surface area contributed by atoms with Gasteiger partial charge in [0.15, 0.2) is 0 Å². The van der Waals surface area contributed by atoms with Gasteiger partial charge in [0.1, 0.15) is 0 Å². The van der Waals surface area contributed by atoms with Gasteiger partial charge in [-0.25, -0.2) is 0 Å². The van der Waals surface area contributed by atoms with E-state index in [1.165, 1.54) is 12.8 Å². The Bertz CT molecular complexity index is 219. The molecule has 1 saturated carbocycles. The third-order valence-electron chi connectivity index (χ3n) is 3.86. The molecule has 0 saturated heterocycles. The lowest BCUT2D eigenvalue weighted by molar-refractivity contribution is 0.297. The van der Waals surface area contributed by atoms with Crippen LogP contribution in [0.1, 0.15) is 52.9 Å². The zero-order chi connectivity index (χ0) is 10.7. The topological polar surface area (TPSA) is 35.8 Å². The Hall–Kier alpha value is -0.550. The summed E-state index contributed by atoms with van der Waals surface area (Å²) in [6.07, 6.45) is 5.51. The largest absolute Gasteiger partial charge is 0.311 e.